The summed E-state index contributed by atoms with van der Waals surface area (Å²) in [7, 11) is 0. The highest BCUT2D eigenvalue weighted by Crippen LogP contribution is 1.85. The van der Waals surface area contributed by atoms with Crippen LogP contribution in [0.2, 0.25) is 0 Å². The van der Waals surface area contributed by atoms with Crippen LogP contribution in [0.3, 0.4) is 0 Å². The van der Waals surface area contributed by atoms with E-state index in [9.17, 15) is 4.79 Å². The summed E-state index contributed by atoms with van der Waals surface area (Å²) >= 11 is 0. The molecule has 0 aliphatic rings. The smallest absolute Gasteiger partial charge is 0.300 e. The molecule has 0 radical (unpaired) electrons. The van der Waals surface area contributed by atoms with Crippen LogP contribution in [0.5, 0.6) is 0 Å². The summed E-state index contributed by atoms with van der Waals surface area (Å²) in [5.74, 6) is -0.833. The first kappa shape index (κ1) is 12.5. The van der Waals surface area contributed by atoms with Gasteiger partial charge in [0.15, 0.2) is 0 Å². The first-order chi connectivity index (χ1) is 5.15. The van der Waals surface area contributed by atoms with Gasteiger partial charge in [-0.2, -0.15) is 0 Å². The lowest BCUT2D eigenvalue weighted by molar-refractivity contribution is -0.134. The number of carboxylic acid groups (broad SMARTS) is 1. The number of carboxylic acids is 1. The molecule has 0 unspecified atom stereocenters. The maximum absolute atomic E-state index is 9.59. The van der Waals surface area contributed by atoms with Crippen molar-refractivity contribution in [1.29, 1.82) is 0 Å². The minimum Gasteiger partial charge on any atom is -0.481 e. The SMILES string of the molecule is CC(=O)O.CCCC=CC=O. The summed E-state index contributed by atoms with van der Waals surface area (Å²) in [5.41, 5.74) is 0. The number of unbranched alkanes of at least 4 members (excludes halogenated alkanes) is 1. The molecule has 0 rings (SSSR count). The molecule has 0 aromatic rings. The molecule has 0 bridgehead atoms. The highest BCUT2D eigenvalue weighted by atomic mass is 16.4. The lowest BCUT2D eigenvalue weighted by Gasteiger charge is -1.76. The number of carbonyl (C=O) groups excluding carboxylic acids is 1. The molecule has 0 aliphatic heterocycles. The minimum atomic E-state index is -0.833. The number of allylic oxidation sites excluding steroid dienone is 2. The Morgan fingerprint density at radius 2 is 2.00 bits per heavy atom. The lowest BCUT2D eigenvalue weighted by Crippen LogP contribution is -1.78. The Kier molecular flexibility index (Phi) is 13.3. The van der Waals surface area contributed by atoms with E-state index >= 15 is 0 Å². The van der Waals surface area contributed by atoms with Gasteiger partial charge in [0.2, 0.25) is 0 Å². The summed E-state index contributed by atoms with van der Waals surface area (Å²) in [5, 5.41) is 7.42. The third kappa shape index (κ3) is 50.7. The van der Waals surface area contributed by atoms with Crippen LogP contribution in [0.15, 0.2) is 12.2 Å². The molecular formula is C8H14O3. The third-order valence-corrected chi connectivity index (χ3v) is 0.670. The lowest BCUT2D eigenvalue weighted by atomic mass is 10.3. The Labute approximate surface area is 66.7 Å². The number of carbonyl (C=O) groups is 2. The molecule has 0 amide bonds. The summed E-state index contributed by atoms with van der Waals surface area (Å²) in [6.07, 6.45) is 6.33. The molecule has 0 aromatic heterocycles. The highest BCUT2D eigenvalue weighted by Gasteiger charge is 1.67. The van der Waals surface area contributed by atoms with E-state index in [0.717, 1.165) is 26.1 Å². The van der Waals surface area contributed by atoms with Crippen molar-refractivity contribution >= 4 is 12.3 Å². The molecule has 0 atom stereocenters. The Bertz CT molecular complexity index is 123. The van der Waals surface area contributed by atoms with Crippen LogP contribution in [-0.2, 0) is 9.59 Å². The summed E-state index contributed by atoms with van der Waals surface area (Å²) < 4.78 is 0. The summed E-state index contributed by atoms with van der Waals surface area (Å²) in [4.78, 5) is 18.6. The number of hydrogen-bond acceptors (Lipinski definition) is 2. The fourth-order valence-electron chi connectivity index (χ4n) is 0.318. The van der Waals surface area contributed by atoms with Crippen molar-refractivity contribution in [3.8, 4) is 0 Å². The van der Waals surface area contributed by atoms with E-state index in [-0.39, 0.29) is 0 Å². The molecule has 0 aliphatic carbocycles. The monoisotopic (exact) mass is 158 g/mol. The molecule has 0 aromatic carbocycles. The second-order valence-electron chi connectivity index (χ2n) is 1.87. The van der Waals surface area contributed by atoms with E-state index in [0.29, 0.717) is 0 Å². The summed E-state index contributed by atoms with van der Waals surface area (Å²) in [6, 6.07) is 0. The normalized spacial score (nSPS) is 8.55. The van der Waals surface area contributed by atoms with Crippen molar-refractivity contribution in [2.45, 2.75) is 26.7 Å². The van der Waals surface area contributed by atoms with E-state index < -0.39 is 5.97 Å². The number of aldehydes is 1. The fourth-order valence-corrected chi connectivity index (χ4v) is 0.318. The molecule has 3 heteroatoms. The van der Waals surface area contributed by atoms with Crippen molar-refractivity contribution in [2.24, 2.45) is 0 Å². The van der Waals surface area contributed by atoms with Gasteiger partial charge >= 0.3 is 0 Å². The average molecular weight is 158 g/mol. The number of hydrogen-bond donors (Lipinski definition) is 1. The molecule has 11 heavy (non-hydrogen) atoms. The average Bonchev–Trinajstić information content (AvgIpc) is 1.88. The van der Waals surface area contributed by atoms with Gasteiger partial charge in [-0.1, -0.05) is 19.4 Å². The first-order valence-electron chi connectivity index (χ1n) is 3.45. The maximum Gasteiger partial charge on any atom is 0.300 e. The van der Waals surface area contributed by atoms with Gasteiger partial charge in [0.1, 0.15) is 6.29 Å². The Morgan fingerprint density at radius 3 is 2.27 bits per heavy atom. The molecule has 0 saturated carbocycles. The third-order valence-electron chi connectivity index (χ3n) is 0.670. The zero-order valence-corrected chi connectivity index (χ0v) is 6.91. The van der Waals surface area contributed by atoms with Crippen molar-refractivity contribution in [3.63, 3.8) is 0 Å². The van der Waals surface area contributed by atoms with Crippen molar-refractivity contribution < 1.29 is 14.7 Å². The second kappa shape index (κ2) is 11.6. The van der Waals surface area contributed by atoms with Gasteiger partial charge in [-0.15, -0.1) is 0 Å². The van der Waals surface area contributed by atoms with Crippen molar-refractivity contribution in [1.82, 2.24) is 0 Å². The molecule has 1 N–H and O–H groups in total. The van der Waals surface area contributed by atoms with Gasteiger partial charge in [0.05, 0.1) is 0 Å². The topological polar surface area (TPSA) is 54.4 Å². The van der Waals surface area contributed by atoms with Crippen LogP contribution >= 0.6 is 0 Å². The largest absolute Gasteiger partial charge is 0.481 e. The van der Waals surface area contributed by atoms with Crippen LogP contribution < -0.4 is 0 Å². The van der Waals surface area contributed by atoms with Crippen LogP contribution in [-0.4, -0.2) is 17.4 Å². The predicted molar refractivity (Wildman–Crippen MR) is 43.4 cm³/mol. The van der Waals surface area contributed by atoms with Crippen LogP contribution in [0.1, 0.15) is 26.7 Å². The quantitative estimate of drug-likeness (QED) is 0.501. The predicted octanol–water partition coefficient (Wildman–Crippen LogP) is 1.63. The van der Waals surface area contributed by atoms with Gasteiger partial charge in [-0.05, 0) is 12.5 Å². The van der Waals surface area contributed by atoms with E-state index in [1.165, 1.54) is 6.08 Å². The van der Waals surface area contributed by atoms with E-state index in [1.54, 1.807) is 0 Å². The zero-order valence-electron chi connectivity index (χ0n) is 6.91. The molecule has 64 valence electrons. The van der Waals surface area contributed by atoms with Crippen LogP contribution in [0, 0.1) is 0 Å². The Balaban J connectivity index is 0. The fraction of sp³-hybridized carbons (Fsp3) is 0.500. The van der Waals surface area contributed by atoms with E-state index in [2.05, 4.69) is 6.92 Å². The van der Waals surface area contributed by atoms with Gasteiger partial charge in [-0.25, -0.2) is 0 Å². The molecule has 3 nitrogen and oxygen atoms in total. The van der Waals surface area contributed by atoms with Gasteiger partial charge < -0.3 is 5.11 Å². The highest BCUT2D eigenvalue weighted by molar-refractivity contribution is 5.64. The standard InChI is InChI=1S/C6H10O.C2H4O2/c1-2-3-4-5-6-7;1-2(3)4/h4-6H,2-3H2,1H3;1H3,(H,3,4). The maximum atomic E-state index is 9.59. The van der Waals surface area contributed by atoms with E-state index in [4.69, 9.17) is 9.90 Å². The minimum absolute atomic E-state index is 0.801. The second-order valence-corrected chi connectivity index (χ2v) is 1.87. The molecule has 0 heterocycles. The molecule has 0 saturated heterocycles. The number of aliphatic carboxylic acids is 1. The molecule has 0 spiro atoms. The molecular weight excluding hydrogens is 144 g/mol. The van der Waals surface area contributed by atoms with Crippen molar-refractivity contribution in [2.75, 3.05) is 0 Å². The van der Waals surface area contributed by atoms with Gasteiger partial charge in [0, 0.05) is 6.92 Å². The zero-order chi connectivity index (χ0) is 9.11. The first-order valence-corrected chi connectivity index (χ1v) is 3.45. The Hall–Kier alpha value is -1.12. The van der Waals surface area contributed by atoms with Gasteiger partial charge in [0.25, 0.3) is 5.97 Å². The summed E-state index contributed by atoms with van der Waals surface area (Å²) in [6.45, 7) is 3.16. The molecule has 0 fully saturated rings. The van der Waals surface area contributed by atoms with Crippen molar-refractivity contribution in [3.05, 3.63) is 12.2 Å². The van der Waals surface area contributed by atoms with E-state index in [1.807, 2.05) is 6.08 Å². The number of rotatable bonds is 3. The van der Waals surface area contributed by atoms with Crippen LogP contribution in [0.4, 0.5) is 0 Å². The van der Waals surface area contributed by atoms with Gasteiger partial charge in [-0.3, -0.25) is 9.59 Å². The Morgan fingerprint density at radius 1 is 1.55 bits per heavy atom. The van der Waals surface area contributed by atoms with Crippen LogP contribution in [0.25, 0.3) is 0 Å².